The lowest BCUT2D eigenvalue weighted by Crippen LogP contribution is -2.43. The summed E-state index contributed by atoms with van der Waals surface area (Å²) in [5.74, 6) is -1.62. The number of hydrogen-bond donors (Lipinski definition) is 1. The smallest absolute Gasteiger partial charge is 0.331 e. The van der Waals surface area contributed by atoms with E-state index in [-0.39, 0.29) is 36.9 Å². The first kappa shape index (κ1) is 20.9. The van der Waals surface area contributed by atoms with Crippen molar-refractivity contribution in [2.45, 2.75) is 32.5 Å². The van der Waals surface area contributed by atoms with Gasteiger partial charge in [0.2, 0.25) is 5.78 Å². The van der Waals surface area contributed by atoms with Crippen LogP contribution in [-0.4, -0.2) is 70.3 Å². The molecule has 1 fully saturated rings. The summed E-state index contributed by atoms with van der Waals surface area (Å²) >= 11 is 0. The number of piperidine rings is 1. The average molecular weight is 403 g/mol. The molecule has 156 valence electrons. The van der Waals surface area contributed by atoms with E-state index in [4.69, 9.17) is 4.74 Å². The minimum Gasteiger partial charge on any atom is -0.480 e. The van der Waals surface area contributed by atoms with Crippen LogP contribution in [0.5, 0.6) is 0 Å². The van der Waals surface area contributed by atoms with Gasteiger partial charge in [0.05, 0.1) is 18.1 Å². The second-order valence-electron chi connectivity index (χ2n) is 7.06. The van der Waals surface area contributed by atoms with Crippen LogP contribution >= 0.6 is 0 Å². The molecule has 0 radical (unpaired) electrons. The summed E-state index contributed by atoms with van der Waals surface area (Å²) in [5, 5.41) is 9.25. The molecule has 1 aromatic heterocycles. The summed E-state index contributed by atoms with van der Waals surface area (Å²) in [7, 11) is 1.31. The Bertz CT molecular complexity index is 901. The Labute approximate surface area is 168 Å². The van der Waals surface area contributed by atoms with Gasteiger partial charge in [-0.2, -0.15) is 0 Å². The normalized spacial score (nSPS) is 16.6. The molecule has 29 heavy (non-hydrogen) atoms. The number of para-hydroxylation sites is 2. The highest BCUT2D eigenvalue weighted by atomic mass is 16.6. The number of methoxy groups -OCH3 is 1. The first-order valence-electron chi connectivity index (χ1n) is 9.54. The lowest BCUT2D eigenvalue weighted by atomic mass is 9.92. The van der Waals surface area contributed by atoms with E-state index in [0.717, 1.165) is 0 Å². The Morgan fingerprint density at radius 2 is 1.93 bits per heavy atom. The van der Waals surface area contributed by atoms with Crippen molar-refractivity contribution in [3.8, 4) is 0 Å². The largest absolute Gasteiger partial charge is 0.480 e. The van der Waals surface area contributed by atoms with Crippen molar-refractivity contribution in [3.63, 3.8) is 0 Å². The monoisotopic (exact) mass is 403 g/mol. The Morgan fingerprint density at radius 1 is 1.24 bits per heavy atom. The maximum absolute atomic E-state index is 13.1. The number of aromatic nitrogens is 2. The van der Waals surface area contributed by atoms with Crippen molar-refractivity contribution in [2.24, 2.45) is 5.92 Å². The van der Waals surface area contributed by atoms with Gasteiger partial charge in [-0.15, -0.1) is 0 Å². The summed E-state index contributed by atoms with van der Waals surface area (Å²) in [5.41, 5.74) is 1.25. The Morgan fingerprint density at radius 3 is 2.59 bits per heavy atom. The molecule has 0 saturated carbocycles. The van der Waals surface area contributed by atoms with Crippen LogP contribution in [0.3, 0.4) is 0 Å². The van der Waals surface area contributed by atoms with Gasteiger partial charge in [-0.3, -0.25) is 14.5 Å². The second kappa shape index (κ2) is 9.15. The summed E-state index contributed by atoms with van der Waals surface area (Å²) in [4.78, 5) is 42.1. The Balaban J connectivity index is 1.68. The highest BCUT2D eigenvalue weighted by Crippen LogP contribution is 2.25. The third-order valence-corrected chi connectivity index (χ3v) is 5.25. The van der Waals surface area contributed by atoms with E-state index >= 15 is 0 Å². The molecule has 9 heteroatoms. The zero-order valence-electron chi connectivity index (χ0n) is 16.5. The fourth-order valence-corrected chi connectivity index (χ4v) is 3.62. The van der Waals surface area contributed by atoms with Crippen molar-refractivity contribution in [1.82, 2.24) is 14.5 Å². The van der Waals surface area contributed by atoms with Crippen LogP contribution in [-0.2, 0) is 25.6 Å². The van der Waals surface area contributed by atoms with E-state index in [1.165, 1.54) is 11.7 Å². The van der Waals surface area contributed by atoms with Gasteiger partial charge >= 0.3 is 11.9 Å². The molecule has 1 aliphatic rings. The minimum absolute atomic E-state index is 0.115. The summed E-state index contributed by atoms with van der Waals surface area (Å²) in [6.07, 6.45) is 0.962. The van der Waals surface area contributed by atoms with Gasteiger partial charge in [0, 0.05) is 19.0 Å². The Hall–Kier alpha value is -2.78. The van der Waals surface area contributed by atoms with Crippen LogP contribution in [0.2, 0.25) is 0 Å². The molecule has 0 spiro atoms. The van der Waals surface area contributed by atoms with E-state index in [9.17, 15) is 19.5 Å². The molecule has 3 rings (SSSR count). The zero-order valence-corrected chi connectivity index (χ0v) is 16.5. The van der Waals surface area contributed by atoms with Crippen LogP contribution in [0, 0.1) is 5.92 Å². The molecular weight excluding hydrogens is 378 g/mol. The second-order valence-corrected chi connectivity index (χ2v) is 7.06. The number of rotatable bonds is 8. The molecule has 1 N–H and O–H groups in total. The van der Waals surface area contributed by atoms with Gasteiger partial charge in [-0.1, -0.05) is 12.1 Å². The molecule has 1 aliphatic heterocycles. The number of ketones is 1. The van der Waals surface area contributed by atoms with Crippen molar-refractivity contribution >= 4 is 28.8 Å². The van der Waals surface area contributed by atoms with E-state index < -0.39 is 11.9 Å². The Kier molecular flexibility index (Phi) is 6.60. The molecule has 1 aromatic carbocycles. The predicted molar refractivity (Wildman–Crippen MR) is 103 cm³/mol. The van der Waals surface area contributed by atoms with Crippen LogP contribution in [0.25, 0.3) is 11.0 Å². The molecule has 1 unspecified atom stereocenters. The van der Waals surface area contributed by atoms with E-state index in [0.29, 0.717) is 37.0 Å². The average Bonchev–Trinajstić information content (AvgIpc) is 3.09. The quantitative estimate of drug-likeness (QED) is 0.522. The molecule has 9 nitrogen and oxygen atoms in total. The molecular formula is C20H25N3O6. The molecule has 1 saturated heterocycles. The number of hydrogen-bond acceptors (Lipinski definition) is 7. The number of carboxylic acids is 1. The lowest BCUT2D eigenvalue weighted by Gasteiger charge is -2.34. The summed E-state index contributed by atoms with van der Waals surface area (Å²) in [6, 6.07) is 7.14. The fourth-order valence-electron chi connectivity index (χ4n) is 3.62. The predicted octanol–water partition coefficient (Wildman–Crippen LogP) is 1.55. The van der Waals surface area contributed by atoms with Gasteiger partial charge in [-0.25, -0.2) is 9.78 Å². The van der Waals surface area contributed by atoms with Crippen LogP contribution < -0.4 is 0 Å². The van der Waals surface area contributed by atoms with Gasteiger partial charge < -0.3 is 19.1 Å². The number of esters is 1. The number of ether oxygens (including phenoxy) is 2. The SMILES string of the molecule is COC(=O)COC(C)N1CCC(C(=O)c2nc3ccccc3n2CC(=O)O)CC1. The number of carbonyl (C=O) groups is 3. The van der Waals surface area contributed by atoms with E-state index in [2.05, 4.69) is 14.6 Å². The van der Waals surface area contributed by atoms with E-state index in [1.54, 1.807) is 18.2 Å². The van der Waals surface area contributed by atoms with Gasteiger partial charge in [0.25, 0.3) is 0 Å². The molecule has 0 bridgehead atoms. The number of likely N-dealkylation sites (tertiary alicyclic amines) is 1. The molecule has 0 aliphatic carbocycles. The van der Waals surface area contributed by atoms with Gasteiger partial charge in [0.1, 0.15) is 19.4 Å². The standard InChI is InChI=1S/C20H25N3O6/c1-13(29-12-18(26)28-2)22-9-7-14(8-10-22)19(27)20-21-15-5-3-4-6-16(15)23(20)11-17(24)25/h3-6,13-14H,7-12H2,1-2H3,(H,24,25). The molecule has 1 atom stereocenters. The maximum Gasteiger partial charge on any atom is 0.331 e. The molecule has 0 amide bonds. The number of imidazole rings is 1. The summed E-state index contributed by atoms with van der Waals surface area (Å²) in [6.45, 7) is 2.71. The fraction of sp³-hybridized carbons (Fsp3) is 0.500. The van der Waals surface area contributed by atoms with E-state index in [1.807, 2.05) is 13.0 Å². The third kappa shape index (κ3) is 4.80. The van der Waals surface area contributed by atoms with Gasteiger partial charge in [-0.05, 0) is 31.9 Å². The maximum atomic E-state index is 13.1. The van der Waals surface area contributed by atoms with Crippen LogP contribution in [0.4, 0.5) is 0 Å². The van der Waals surface area contributed by atoms with Crippen LogP contribution in [0.1, 0.15) is 30.4 Å². The zero-order chi connectivity index (χ0) is 21.0. The minimum atomic E-state index is -1.02. The van der Waals surface area contributed by atoms with Crippen molar-refractivity contribution < 1.29 is 29.0 Å². The van der Waals surface area contributed by atoms with Crippen molar-refractivity contribution in [1.29, 1.82) is 0 Å². The molecule has 2 aromatic rings. The number of benzene rings is 1. The first-order chi connectivity index (χ1) is 13.9. The van der Waals surface area contributed by atoms with Crippen molar-refractivity contribution in [3.05, 3.63) is 30.1 Å². The lowest BCUT2D eigenvalue weighted by molar-refractivity contribution is -0.152. The number of fused-ring (bicyclic) bond motifs is 1. The third-order valence-electron chi connectivity index (χ3n) is 5.25. The number of aliphatic carboxylic acids is 1. The number of Topliss-reactive ketones (excluding diaryl/α,β-unsaturated/α-hetero) is 1. The molecule has 2 heterocycles. The number of nitrogens with zero attached hydrogens (tertiary/aromatic N) is 3. The number of carboxylic acid groups (broad SMARTS) is 1. The first-order valence-corrected chi connectivity index (χ1v) is 9.54. The van der Waals surface area contributed by atoms with Gasteiger partial charge in [0.15, 0.2) is 5.82 Å². The number of carbonyl (C=O) groups excluding carboxylic acids is 2. The topological polar surface area (TPSA) is 111 Å². The van der Waals surface area contributed by atoms with Crippen molar-refractivity contribution in [2.75, 3.05) is 26.8 Å². The highest BCUT2D eigenvalue weighted by Gasteiger charge is 2.31. The summed E-state index contributed by atoms with van der Waals surface area (Å²) < 4.78 is 11.6. The van der Waals surface area contributed by atoms with Crippen LogP contribution in [0.15, 0.2) is 24.3 Å². The highest BCUT2D eigenvalue weighted by molar-refractivity contribution is 5.98.